The molecule has 1 aliphatic rings. The smallest absolute Gasteiger partial charge is 0.253 e. The number of ether oxygens (including phenoxy) is 1. The molecule has 5 nitrogen and oxygen atoms in total. The first-order chi connectivity index (χ1) is 12.0. The Morgan fingerprint density at radius 1 is 1.16 bits per heavy atom. The second-order valence-corrected chi connectivity index (χ2v) is 8.09. The van der Waals surface area contributed by atoms with Crippen molar-refractivity contribution in [3.8, 4) is 5.75 Å². The van der Waals surface area contributed by atoms with Crippen molar-refractivity contribution in [2.45, 2.75) is 30.7 Å². The van der Waals surface area contributed by atoms with Crippen LogP contribution in [0, 0.1) is 0 Å². The molecule has 1 N–H and O–H groups in total. The van der Waals surface area contributed by atoms with E-state index >= 15 is 0 Å². The van der Waals surface area contributed by atoms with E-state index in [0.29, 0.717) is 19.4 Å². The van der Waals surface area contributed by atoms with Gasteiger partial charge in [-0.25, -0.2) is 8.42 Å². The van der Waals surface area contributed by atoms with Crippen molar-refractivity contribution in [3.63, 3.8) is 0 Å². The van der Waals surface area contributed by atoms with Crippen molar-refractivity contribution >= 4 is 15.7 Å². The normalized spacial score (nSPS) is 16.6. The van der Waals surface area contributed by atoms with Crippen LogP contribution in [0.3, 0.4) is 0 Å². The van der Waals surface area contributed by atoms with Crippen molar-refractivity contribution in [3.05, 3.63) is 59.7 Å². The lowest BCUT2D eigenvalue weighted by molar-refractivity contribution is 0.0921. The maximum Gasteiger partial charge on any atom is 0.253 e. The van der Waals surface area contributed by atoms with E-state index in [0.717, 1.165) is 11.3 Å². The average Bonchev–Trinajstić information content (AvgIpc) is 2.62. The first-order valence-electron chi connectivity index (χ1n) is 8.37. The van der Waals surface area contributed by atoms with Crippen LogP contribution in [-0.2, 0) is 9.84 Å². The maximum atomic E-state index is 12.8. The third-order valence-corrected chi connectivity index (χ3v) is 6.18. The molecular weight excluding hydrogens is 338 g/mol. The zero-order valence-corrected chi connectivity index (χ0v) is 14.9. The highest BCUT2D eigenvalue weighted by Crippen LogP contribution is 2.32. The second-order valence-electron chi connectivity index (χ2n) is 6.02. The van der Waals surface area contributed by atoms with E-state index in [-0.39, 0.29) is 28.2 Å². The van der Waals surface area contributed by atoms with E-state index in [9.17, 15) is 13.2 Å². The summed E-state index contributed by atoms with van der Waals surface area (Å²) in [6.45, 7) is 2.32. The summed E-state index contributed by atoms with van der Waals surface area (Å²) in [4.78, 5) is 12.9. The summed E-state index contributed by atoms with van der Waals surface area (Å²) in [7, 11) is -3.47. The third kappa shape index (κ3) is 3.69. The molecule has 132 valence electrons. The van der Waals surface area contributed by atoms with Gasteiger partial charge in [0.1, 0.15) is 5.75 Å². The van der Waals surface area contributed by atoms with Crippen LogP contribution >= 0.6 is 0 Å². The fourth-order valence-corrected chi connectivity index (χ4v) is 4.57. The fraction of sp³-hybridized carbons (Fsp3) is 0.316. The monoisotopic (exact) mass is 359 g/mol. The van der Waals surface area contributed by atoms with E-state index in [2.05, 4.69) is 5.32 Å². The summed E-state index contributed by atoms with van der Waals surface area (Å²) in [6.07, 6.45) is 1.15. The molecule has 6 heteroatoms. The minimum atomic E-state index is -3.47. The Bertz CT molecular complexity index is 876. The van der Waals surface area contributed by atoms with Crippen LogP contribution < -0.4 is 10.1 Å². The highest BCUT2D eigenvalue weighted by Gasteiger charge is 2.26. The van der Waals surface area contributed by atoms with Gasteiger partial charge in [0.25, 0.3) is 5.91 Å². The van der Waals surface area contributed by atoms with Crippen LogP contribution in [0.15, 0.2) is 53.4 Å². The van der Waals surface area contributed by atoms with Crippen LogP contribution in [0.5, 0.6) is 5.75 Å². The van der Waals surface area contributed by atoms with Crippen molar-refractivity contribution in [2.75, 3.05) is 12.4 Å². The molecule has 0 saturated carbocycles. The van der Waals surface area contributed by atoms with Gasteiger partial charge in [0, 0.05) is 12.0 Å². The van der Waals surface area contributed by atoms with Gasteiger partial charge in [-0.2, -0.15) is 0 Å². The van der Waals surface area contributed by atoms with E-state index in [1.165, 1.54) is 6.07 Å². The van der Waals surface area contributed by atoms with E-state index in [1.54, 1.807) is 25.1 Å². The summed E-state index contributed by atoms with van der Waals surface area (Å²) in [5, 5.41) is 2.96. The van der Waals surface area contributed by atoms with Crippen LogP contribution in [0.25, 0.3) is 0 Å². The number of amides is 1. The van der Waals surface area contributed by atoms with Gasteiger partial charge in [-0.15, -0.1) is 0 Å². The van der Waals surface area contributed by atoms with Crippen molar-refractivity contribution in [2.24, 2.45) is 0 Å². The number of para-hydroxylation sites is 1. The number of carbonyl (C=O) groups excluding carboxylic acids is 1. The minimum absolute atomic E-state index is 0.0252. The summed E-state index contributed by atoms with van der Waals surface area (Å²) in [5.41, 5.74) is 1.11. The summed E-state index contributed by atoms with van der Waals surface area (Å²) in [6, 6.07) is 13.7. The zero-order valence-electron chi connectivity index (χ0n) is 14.1. The highest BCUT2D eigenvalue weighted by molar-refractivity contribution is 7.91. The Balaban J connectivity index is 1.89. The van der Waals surface area contributed by atoms with Gasteiger partial charge in [-0.05, 0) is 24.6 Å². The molecule has 1 aliphatic heterocycles. The topological polar surface area (TPSA) is 72.5 Å². The summed E-state index contributed by atoms with van der Waals surface area (Å²) >= 11 is 0. The zero-order chi connectivity index (χ0) is 17.9. The van der Waals surface area contributed by atoms with Crippen LogP contribution in [-0.4, -0.2) is 26.7 Å². The van der Waals surface area contributed by atoms with Gasteiger partial charge >= 0.3 is 0 Å². The third-order valence-electron chi connectivity index (χ3n) is 4.20. The van der Waals surface area contributed by atoms with Gasteiger partial charge in [0.05, 0.1) is 28.9 Å². The molecule has 1 unspecified atom stereocenters. The number of benzene rings is 2. The number of nitrogens with one attached hydrogen (secondary N) is 1. The molecule has 0 fully saturated rings. The molecule has 2 aromatic rings. The highest BCUT2D eigenvalue weighted by atomic mass is 32.2. The first kappa shape index (κ1) is 17.5. The Kier molecular flexibility index (Phi) is 5.08. The molecule has 2 aromatic carbocycles. The molecule has 0 aromatic heterocycles. The predicted octanol–water partition coefficient (Wildman–Crippen LogP) is 3.12. The molecule has 25 heavy (non-hydrogen) atoms. The van der Waals surface area contributed by atoms with Gasteiger partial charge in [0.2, 0.25) is 0 Å². The molecule has 1 amide bonds. The summed E-state index contributed by atoms with van der Waals surface area (Å²) in [5.74, 6) is 0.403. The molecule has 1 atom stereocenters. The standard InChI is InChI=1S/C19H21NO4S/c1-2-13-25(22,23)18-10-6-4-8-15(18)19(21)20-16-11-12-24-17-9-5-3-7-14(16)17/h3-10,16H,2,11-13H2,1H3,(H,20,21). The van der Waals surface area contributed by atoms with Crippen LogP contribution in [0.2, 0.25) is 0 Å². The van der Waals surface area contributed by atoms with E-state index < -0.39 is 9.84 Å². The lowest BCUT2D eigenvalue weighted by atomic mass is 10.00. The van der Waals surface area contributed by atoms with E-state index in [1.807, 2.05) is 24.3 Å². The molecule has 0 aliphatic carbocycles. The maximum absolute atomic E-state index is 12.8. The van der Waals surface area contributed by atoms with Gasteiger partial charge < -0.3 is 10.1 Å². The van der Waals surface area contributed by atoms with Gasteiger partial charge in [0.15, 0.2) is 9.84 Å². The van der Waals surface area contributed by atoms with E-state index in [4.69, 9.17) is 4.74 Å². The number of rotatable bonds is 5. The number of sulfone groups is 1. The number of carbonyl (C=O) groups is 1. The predicted molar refractivity (Wildman–Crippen MR) is 95.5 cm³/mol. The first-order valence-corrected chi connectivity index (χ1v) is 10.0. The number of fused-ring (bicyclic) bond motifs is 1. The number of hydrogen-bond donors (Lipinski definition) is 1. The lowest BCUT2D eigenvalue weighted by Crippen LogP contribution is -2.33. The Labute approximate surface area is 147 Å². The average molecular weight is 359 g/mol. The molecular formula is C19H21NO4S. The molecule has 0 radical (unpaired) electrons. The van der Waals surface area contributed by atoms with Crippen molar-refractivity contribution < 1.29 is 17.9 Å². The fourth-order valence-electron chi connectivity index (χ4n) is 3.03. The van der Waals surface area contributed by atoms with Gasteiger partial charge in [-0.3, -0.25) is 4.79 Å². The van der Waals surface area contributed by atoms with Gasteiger partial charge in [-0.1, -0.05) is 37.3 Å². The Morgan fingerprint density at radius 3 is 2.68 bits per heavy atom. The molecule has 3 rings (SSSR count). The molecule has 0 spiro atoms. The lowest BCUT2D eigenvalue weighted by Gasteiger charge is -2.26. The largest absolute Gasteiger partial charge is 0.493 e. The van der Waals surface area contributed by atoms with Crippen LogP contribution in [0.1, 0.15) is 41.7 Å². The summed E-state index contributed by atoms with van der Waals surface area (Å²) < 4.78 is 30.5. The molecule has 0 saturated heterocycles. The number of hydrogen-bond acceptors (Lipinski definition) is 4. The Morgan fingerprint density at radius 2 is 1.88 bits per heavy atom. The van der Waals surface area contributed by atoms with Crippen molar-refractivity contribution in [1.29, 1.82) is 0 Å². The molecule has 1 heterocycles. The second kappa shape index (κ2) is 7.27. The molecule has 0 bridgehead atoms. The Hall–Kier alpha value is -2.34. The minimum Gasteiger partial charge on any atom is -0.493 e. The SMILES string of the molecule is CCCS(=O)(=O)c1ccccc1C(=O)NC1CCOc2ccccc21. The van der Waals surface area contributed by atoms with Crippen LogP contribution in [0.4, 0.5) is 0 Å². The quantitative estimate of drug-likeness (QED) is 0.890. The van der Waals surface area contributed by atoms with Crippen molar-refractivity contribution in [1.82, 2.24) is 5.32 Å².